The van der Waals surface area contributed by atoms with Crippen LogP contribution in [-0.2, 0) is 4.79 Å². The number of β-lactam (4-membered cyclic amide) rings is 1. The second-order valence-corrected chi connectivity index (χ2v) is 7.81. The van der Waals surface area contributed by atoms with E-state index in [1.165, 1.54) is 0 Å². The molecule has 2 aliphatic rings. The van der Waals surface area contributed by atoms with E-state index >= 15 is 0 Å². The number of hydrogen-bond donors (Lipinski definition) is 0. The molecule has 0 radical (unpaired) electrons. The quantitative estimate of drug-likeness (QED) is 0.460. The zero-order valence-electron chi connectivity index (χ0n) is 16.5. The minimum absolute atomic E-state index is 0.314. The molecule has 2 atom stereocenters. The summed E-state index contributed by atoms with van der Waals surface area (Å²) in [6.07, 6.45) is 0. The number of hydrogen-bond acceptors (Lipinski definition) is 4. The fraction of sp³-hybridized carbons (Fsp3) is 0.125. The number of fused-ring (bicyclic) bond motifs is 1. The molecule has 1 saturated heterocycles. The Morgan fingerprint density at radius 1 is 0.774 bits per heavy atom. The van der Waals surface area contributed by atoms with Crippen LogP contribution in [0.3, 0.4) is 0 Å². The molecule has 0 spiro atoms. The van der Waals surface area contributed by atoms with Crippen molar-refractivity contribution >= 4 is 35.0 Å². The maximum absolute atomic E-state index is 13.3. The van der Waals surface area contributed by atoms with Gasteiger partial charge in [-0.3, -0.25) is 19.3 Å². The average Bonchev–Trinajstić information content (AvgIpc) is 3.04. The lowest BCUT2D eigenvalue weighted by molar-refractivity contribution is -0.130. The van der Waals surface area contributed by atoms with Crippen molar-refractivity contribution in [2.24, 2.45) is 0 Å². The molecule has 3 amide bonds. The van der Waals surface area contributed by atoms with Crippen LogP contribution in [0.4, 0.5) is 5.69 Å². The van der Waals surface area contributed by atoms with Gasteiger partial charge in [-0.1, -0.05) is 35.9 Å². The van der Waals surface area contributed by atoms with Crippen LogP contribution >= 0.6 is 11.6 Å². The fourth-order valence-corrected chi connectivity index (χ4v) is 4.36. The van der Waals surface area contributed by atoms with Crippen molar-refractivity contribution in [3.63, 3.8) is 0 Å². The molecule has 0 unspecified atom stereocenters. The molecule has 31 heavy (non-hydrogen) atoms. The van der Waals surface area contributed by atoms with Crippen molar-refractivity contribution in [2.45, 2.75) is 12.1 Å². The molecule has 0 N–H and O–H groups in total. The van der Waals surface area contributed by atoms with E-state index in [0.717, 1.165) is 10.5 Å². The summed E-state index contributed by atoms with van der Waals surface area (Å²) in [6, 6.07) is 19.3. The molecule has 5 rings (SSSR count). The number of anilines is 1. The molecule has 154 valence electrons. The Bertz CT molecular complexity index is 1190. The molecule has 0 bridgehead atoms. The highest BCUT2D eigenvalue weighted by Gasteiger charge is 2.57. The first-order valence-corrected chi connectivity index (χ1v) is 10.1. The molecule has 1 fully saturated rings. The fourth-order valence-electron chi connectivity index (χ4n) is 4.23. The van der Waals surface area contributed by atoms with Gasteiger partial charge in [-0.2, -0.15) is 0 Å². The largest absolute Gasteiger partial charge is 0.497 e. The Morgan fingerprint density at radius 2 is 1.42 bits per heavy atom. The summed E-state index contributed by atoms with van der Waals surface area (Å²) in [4.78, 5) is 42.1. The van der Waals surface area contributed by atoms with Crippen LogP contribution in [0.2, 0.25) is 5.02 Å². The number of halogens is 1. The number of imide groups is 1. The van der Waals surface area contributed by atoms with E-state index in [1.807, 2.05) is 18.2 Å². The zero-order valence-corrected chi connectivity index (χ0v) is 17.2. The Hall–Kier alpha value is -3.64. The van der Waals surface area contributed by atoms with E-state index in [-0.39, 0.29) is 5.91 Å². The van der Waals surface area contributed by atoms with Crippen molar-refractivity contribution in [1.29, 1.82) is 0 Å². The molecule has 6 nitrogen and oxygen atoms in total. The van der Waals surface area contributed by atoms with Crippen molar-refractivity contribution in [3.8, 4) is 5.75 Å². The van der Waals surface area contributed by atoms with Crippen LogP contribution < -0.4 is 9.64 Å². The predicted octanol–water partition coefficient (Wildman–Crippen LogP) is 4.10. The van der Waals surface area contributed by atoms with E-state index in [1.54, 1.807) is 66.6 Å². The minimum Gasteiger partial charge on any atom is -0.497 e. The van der Waals surface area contributed by atoms with Gasteiger partial charge in [-0.15, -0.1) is 0 Å². The Balaban J connectivity index is 1.60. The molecule has 3 aromatic carbocycles. The third kappa shape index (κ3) is 2.91. The van der Waals surface area contributed by atoms with E-state index in [0.29, 0.717) is 27.6 Å². The number of benzene rings is 3. The average molecular weight is 433 g/mol. The summed E-state index contributed by atoms with van der Waals surface area (Å²) in [5, 5.41) is 0.548. The van der Waals surface area contributed by atoms with E-state index in [4.69, 9.17) is 16.3 Å². The highest BCUT2D eigenvalue weighted by molar-refractivity contribution is 6.30. The number of carbonyl (C=O) groups excluding carboxylic acids is 3. The van der Waals surface area contributed by atoms with Gasteiger partial charge in [0.15, 0.2) is 0 Å². The maximum atomic E-state index is 13.3. The molecular weight excluding hydrogens is 416 g/mol. The molecule has 7 heteroatoms. The number of carbonyl (C=O) groups is 3. The van der Waals surface area contributed by atoms with Crippen molar-refractivity contribution < 1.29 is 19.1 Å². The second kappa shape index (κ2) is 7.25. The van der Waals surface area contributed by atoms with Gasteiger partial charge in [0.25, 0.3) is 17.7 Å². The summed E-state index contributed by atoms with van der Waals surface area (Å²) in [5.41, 5.74) is 2.02. The summed E-state index contributed by atoms with van der Waals surface area (Å²) < 4.78 is 5.34. The number of amides is 3. The van der Waals surface area contributed by atoms with Gasteiger partial charge in [0.2, 0.25) is 0 Å². The molecule has 2 aliphatic heterocycles. The van der Waals surface area contributed by atoms with Crippen LogP contribution in [0.25, 0.3) is 0 Å². The second-order valence-electron chi connectivity index (χ2n) is 7.38. The Kier molecular flexibility index (Phi) is 4.52. The number of methoxy groups -OCH3 is 1. The third-order valence-electron chi connectivity index (χ3n) is 5.71. The third-order valence-corrected chi connectivity index (χ3v) is 5.96. The first kappa shape index (κ1) is 19.3. The van der Waals surface area contributed by atoms with Gasteiger partial charge in [0.05, 0.1) is 24.3 Å². The number of rotatable bonds is 4. The molecule has 0 saturated carbocycles. The summed E-state index contributed by atoms with van der Waals surface area (Å²) in [5.74, 6) is -0.621. The standard InChI is InChI=1S/C24H17ClN2O4/c1-31-17-6-4-5-14(13-17)20-21(24(30)26(20)16-11-9-15(25)10-12-16)27-22(28)18-7-2-3-8-19(18)23(27)29/h2-13,20-21H,1H3/t20-,21-/m0/s1. The first-order valence-electron chi connectivity index (χ1n) is 9.71. The monoisotopic (exact) mass is 432 g/mol. The SMILES string of the molecule is COc1cccc([C@H]2[C@H](N3C(=O)c4ccccc4C3=O)C(=O)N2c2ccc(Cl)cc2)c1. The number of nitrogens with zero attached hydrogens (tertiary/aromatic N) is 2. The van der Waals surface area contributed by atoms with Gasteiger partial charge in [0, 0.05) is 10.7 Å². The summed E-state index contributed by atoms with van der Waals surface area (Å²) in [7, 11) is 1.56. The zero-order chi connectivity index (χ0) is 21.7. The minimum atomic E-state index is -0.949. The van der Waals surface area contributed by atoms with Gasteiger partial charge in [-0.25, -0.2) is 0 Å². The van der Waals surface area contributed by atoms with Gasteiger partial charge < -0.3 is 9.64 Å². The predicted molar refractivity (Wildman–Crippen MR) is 115 cm³/mol. The van der Waals surface area contributed by atoms with E-state index < -0.39 is 23.9 Å². The van der Waals surface area contributed by atoms with E-state index in [2.05, 4.69) is 0 Å². The van der Waals surface area contributed by atoms with Gasteiger partial charge in [-0.05, 0) is 54.1 Å². The molecule has 2 heterocycles. The highest BCUT2D eigenvalue weighted by atomic mass is 35.5. The smallest absolute Gasteiger partial charge is 0.262 e. The lowest BCUT2D eigenvalue weighted by Crippen LogP contribution is -2.67. The van der Waals surface area contributed by atoms with Crippen LogP contribution in [-0.4, -0.2) is 35.8 Å². The Morgan fingerprint density at radius 3 is 2.03 bits per heavy atom. The van der Waals surface area contributed by atoms with Crippen LogP contribution in [0.1, 0.15) is 32.3 Å². The normalized spacial score (nSPS) is 20.0. The molecular formula is C24H17ClN2O4. The lowest BCUT2D eigenvalue weighted by Gasteiger charge is -2.49. The van der Waals surface area contributed by atoms with E-state index in [9.17, 15) is 14.4 Å². The first-order chi connectivity index (χ1) is 15.0. The van der Waals surface area contributed by atoms with Gasteiger partial charge >= 0.3 is 0 Å². The van der Waals surface area contributed by atoms with Crippen molar-refractivity contribution in [2.75, 3.05) is 12.0 Å². The lowest BCUT2D eigenvalue weighted by atomic mass is 9.86. The van der Waals surface area contributed by atoms with Crippen molar-refractivity contribution in [3.05, 3.63) is 94.5 Å². The summed E-state index contributed by atoms with van der Waals surface area (Å²) in [6.45, 7) is 0. The van der Waals surface area contributed by atoms with Gasteiger partial charge in [0.1, 0.15) is 11.8 Å². The van der Waals surface area contributed by atoms with Crippen LogP contribution in [0.15, 0.2) is 72.8 Å². The number of ether oxygens (including phenoxy) is 1. The molecule has 0 aromatic heterocycles. The van der Waals surface area contributed by atoms with Crippen LogP contribution in [0.5, 0.6) is 5.75 Å². The maximum Gasteiger partial charge on any atom is 0.262 e. The van der Waals surface area contributed by atoms with Crippen LogP contribution in [0, 0.1) is 0 Å². The molecule has 3 aromatic rings. The van der Waals surface area contributed by atoms with Crippen molar-refractivity contribution in [1.82, 2.24) is 4.90 Å². The Labute approximate surface area is 183 Å². The molecule has 0 aliphatic carbocycles. The summed E-state index contributed by atoms with van der Waals surface area (Å²) >= 11 is 6.01. The topological polar surface area (TPSA) is 66.9 Å². The highest BCUT2D eigenvalue weighted by Crippen LogP contribution is 2.44.